The van der Waals surface area contributed by atoms with E-state index in [2.05, 4.69) is 9.80 Å². The van der Waals surface area contributed by atoms with Gasteiger partial charge in [-0.05, 0) is 25.5 Å². The Morgan fingerprint density at radius 1 is 1.04 bits per heavy atom. The van der Waals surface area contributed by atoms with Gasteiger partial charge in [0.25, 0.3) is 0 Å². The summed E-state index contributed by atoms with van der Waals surface area (Å²) in [5, 5.41) is 0. The third-order valence-electron chi connectivity index (χ3n) is 3.76. The van der Waals surface area contributed by atoms with Crippen LogP contribution in [0.2, 0.25) is 0 Å². The summed E-state index contributed by atoms with van der Waals surface area (Å²) in [6, 6.07) is 5.59. The van der Waals surface area contributed by atoms with Crippen molar-refractivity contribution in [1.29, 1.82) is 0 Å². The third-order valence-corrected chi connectivity index (χ3v) is 3.76. The van der Waals surface area contributed by atoms with E-state index in [0.717, 1.165) is 38.8 Å². The Labute approximate surface area is 142 Å². The van der Waals surface area contributed by atoms with Crippen LogP contribution < -0.4 is 5.73 Å². The number of nitrogens with two attached hydrogens (primary N) is 1. The minimum absolute atomic E-state index is 0. The minimum Gasteiger partial charge on any atom is -0.324 e. The highest BCUT2D eigenvalue weighted by atomic mass is 35.5. The molecule has 0 saturated carbocycles. The minimum atomic E-state index is -4.28. The van der Waals surface area contributed by atoms with Crippen molar-refractivity contribution < 1.29 is 13.2 Å². The molecule has 0 aliphatic carbocycles. The Kier molecular flexibility index (Phi) is 6.89. The molecule has 1 fully saturated rings. The van der Waals surface area contributed by atoms with E-state index in [4.69, 9.17) is 5.73 Å². The molecular formula is C16H25ClF3N3. The highest BCUT2D eigenvalue weighted by Crippen LogP contribution is 2.29. The number of nitrogens with zero attached hydrogens (tertiary/aromatic N) is 2. The first-order chi connectivity index (χ1) is 10.1. The molecule has 0 unspecified atom stereocenters. The number of benzene rings is 1. The SMILES string of the molecule is CC(C)(N)CN1CCN(Cc2cccc(C(F)(F)F)c2)CC1.Cl. The molecule has 0 atom stereocenters. The average molecular weight is 352 g/mol. The first kappa shape index (κ1) is 20.2. The standard InChI is InChI=1S/C16H24F3N3.ClH/c1-15(2,20)12-22-8-6-21(7-9-22)11-13-4-3-5-14(10-13)16(17,18)19;/h3-5,10H,6-9,11-12,20H2,1-2H3;1H. The summed E-state index contributed by atoms with van der Waals surface area (Å²) in [6.07, 6.45) is -4.28. The summed E-state index contributed by atoms with van der Waals surface area (Å²) in [4.78, 5) is 4.50. The Morgan fingerprint density at radius 2 is 1.61 bits per heavy atom. The molecule has 0 spiro atoms. The van der Waals surface area contributed by atoms with Crippen LogP contribution >= 0.6 is 12.4 Å². The van der Waals surface area contributed by atoms with E-state index in [9.17, 15) is 13.2 Å². The Bertz CT molecular complexity index is 492. The second-order valence-corrected chi connectivity index (χ2v) is 6.74. The summed E-state index contributed by atoms with van der Waals surface area (Å²) in [7, 11) is 0. The van der Waals surface area contributed by atoms with Crippen LogP contribution in [0.5, 0.6) is 0 Å². The van der Waals surface area contributed by atoms with Crippen molar-refractivity contribution in [2.24, 2.45) is 5.73 Å². The molecule has 0 amide bonds. The van der Waals surface area contributed by atoms with Crippen molar-refractivity contribution >= 4 is 12.4 Å². The van der Waals surface area contributed by atoms with Crippen LogP contribution in [0.4, 0.5) is 13.2 Å². The van der Waals surface area contributed by atoms with Gasteiger partial charge in [0.15, 0.2) is 0 Å². The molecule has 132 valence electrons. The largest absolute Gasteiger partial charge is 0.416 e. The highest BCUT2D eigenvalue weighted by molar-refractivity contribution is 5.85. The lowest BCUT2D eigenvalue weighted by molar-refractivity contribution is -0.137. The van der Waals surface area contributed by atoms with Crippen LogP contribution in [0.15, 0.2) is 24.3 Å². The number of piperazine rings is 1. The van der Waals surface area contributed by atoms with Gasteiger partial charge in [-0.1, -0.05) is 18.2 Å². The number of rotatable bonds is 4. The van der Waals surface area contributed by atoms with Crippen molar-refractivity contribution in [1.82, 2.24) is 9.80 Å². The lowest BCUT2D eigenvalue weighted by atomic mass is 10.1. The van der Waals surface area contributed by atoms with Gasteiger partial charge in [-0.2, -0.15) is 13.2 Å². The molecule has 1 aliphatic heterocycles. The van der Waals surface area contributed by atoms with E-state index in [1.165, 1.54) is 12.1 Å². The fourth-order valence-corrected chi connectivity index (χ4v) is 2.79. The molecule has 1 aromatic carbocycles. The van der Waals surface area contributed by atoms with Gasteiger partial charge >= 0.3 is 6.18 Å². The normalized spacial score (nSPS) is 17.8. The molecule has 0 aromatic heterocycles. The fraction of sp³-hybridized carbons (Fsp3) is 0.625. The highest BCUT2D eigenvalue weighted by Gasteiger charge is 2.30. The summed E-state index contributed by atoms with van der Waals surface area (Å²) < 4.78 is 38.2. The van der Waals surface area contributed by atoms with Crippen LogP contribution in [0, 0.1) is 0 Å². The summed E-state index contributed by atoms with van der Waals surface area (Å²) in [5.74, 6) is 0. The van der Waals surface area contributed by atoms with Crippen LogP contribution in [0.3, 0.4) is 0 Å². The van der Waals surface area contributed by atoms with E-state index in [0.29, 0.717) is 12.1 Å². The van der Waals surface area contributed by atoms with Crippen LogP contribution in [0.1, 0.15) is 25.0 Å². The second kappa shape index (κ2) is 7.83. The number of alkyl halides is 3. The number of hydrogen-bond acceptors (Lipinski definition) is 3. The van der Waals surface area contributed by atoms with Crippen molar-refractivity contribution in [3.63, 3.8) is 0 Å². The second-order valence-electron chi connectivity index (χ2n) is 6.74. The first-order valence-electron chi connectivity index (χ1n) is 7.53. The van der Waals surface area contributed by atoms with E-state index in [1.54, 1.807) is 6.07 Å². The molecule has 7 heteroatoms. The molecule has 23 heavy (non-hydrogen) atoms. The van der Waals surface area contributed by atoms with Gasteiger partial charge in [0.2, 0.25) is 0 Å². The van der Waals surface area contributed by atoms with Gasteiger partial charge in [0.05, 0.1) is 5.56 Å². The zero-order chi connectivity index (χ0) is 16.4. The van der Waals surface area contributed by atoms with Crippen molar-refractivity contribution in [2.75, 3.05) is 32.7 Å². The monoisotopic (exact) mass is 351 g/mol. The van der Waals surface area contributed by atoms with Gasteiger partial charge in [-0.15, -0.1) is 12.4 Å². The average Bonchev–Trinajstić information content (AvgIpc) is 2.39. The van der Waals surface area contributed by atoms with Gasteiger partial charge in [-0.25, -0.2) is 0 Å². The molecule has 0 radical (unpaired) electrons. The lowest BCUT2D eigenvalue weighted by Crippen LogP contribution is -2.52. The molecule has 1 saturated heterocycles. The third kappa shape index (κ3) is 6.67. The molecular weight excluding hydrogens is 327 g/mol. The van der Waals surface area contributed by atoms with E-state index >= 15 is 0 Å². The topological polar surface area (TPSA) is 32.5 Å². The maximum absolute atomic E-state index is 12.7. The van der Waals surface area contributed by atoms with Gasteiger partial charge in [-0.3, -0.25) is 9.80 Å². The Hall–Kier alpha value is -0.820. The molecule has 1 heterocycles. The molecule has 3 nitrogen and oxygen atoms in total. The molecule has 1 aromatic rings. The van der Waals surface area contributed by atoms with Crippen molar-refractivity contribution in [3.05, 3.63) is 35.4 Å². The van der Waals surface area contributed by atoms with Crippen molar-refractivity contribution in [3.8, 4) is 0 Å². The van der Waals surface area contributed by atoms with Crippen LogP contribution in [0.25, 0.3) is 0 Å². The smallest absolute Gasteiger partial charge is 0.324 e. The summed E-state index contributed by atoms with van der Waals surface area (Å²) in [5.41, 5.74) is 5.94. The van der Waals surface area contributed by atoms with Gasteiger partial charge < -0.3 is 5.73 Å². The molecule has 0 bridgehead atoms. The number of halogens is 4. The predicted molar refractivity (Wildman–Crippen MR) is 88.7 cm³/mol. The van der Waals surface area contributed by atoms with Gasteiger partial charge in [0.1, 0.15) is 0 Å². The molecule has 2 N–H and O–H groups in total. The Balaban J connectivity index is 0.00000264. The van der Waals surface area contributed by atoms with Crippen LogP contribution in [-0.2, 0) is 12.7 Å². The lowest BCUT2D eigenvalue weighted by Gasteiger charge is -2.37. The molecule has 1 aliphatic rings. The zero-order valence-corrected chi connectivity index (χ0v) is 14.4. The molecule has 2 rings (SSSR count). The fourth-order valence-electron chi connectivity index (χ4n) is 2.79. The first-order valence-corrected chi connectivity index (χ1v) is 7.53. The quantitative estimate of drug-likeness (QED) is 0.905. The van der Waals surface area contributed by atoms with E-state index < -0.39 is 11.7 Å². The maximum atomic E-state index is 12.7. The van der Waals surface area contributed by atoms with E-state index in [-0.39, 0.29) is 17.9 Å². The van der Waals surface area contributed by atoms with E-state index in [1.807, 2.05) is 13.8 Å². The van der Waals surface area contributed by atoms with Gasteiger partial charge in [0, 0.05) is 44.8 Å². The van der Waals surface area contributed by atoms with Crippen LogP contribution in [-0.4, -0.2) is 48.1 Å². The number of hydrogen-bond donors (Lipinski definition) is 1. The summed E-state index contributed by atoms with van der Waals surface area (Å²) in [6.45, 7) is 8.91. The Morgan fingerprint density at radius 3 is 2.13 bits per heavy atom. The summed E-state index contributed by atoms with van der Waals surface area (Å²) >= 11 is 0. The zero-order valence-electron chi connectivity index (χ0n) is 13.6. The van der Waals surface area contributed by atoms with Crippen molar-refractivity contribution in [2.45, 2.75) is 32.1 Å². The predicted octanol–water partition coefficient (Wildman–Crippen LogP) is 2.98. The maximum Gasteiger partial charge on any atom is 0.416 e.